The van der Waals surface area contributed by atoms with Crippen molar-refractivity contribution >= 4 is 15.9 Å². The molecule has 2 N–H and O–H groups in total. The summed E-state index contributed by atoms with van der Waals surface area (Å²) in [5.74, 6) is 0.200. The Hall–Kier alpha value is -0.660. The fourth-order valence-electron chi connectivity index (χ4n) is 3.40. The molecule has 2 saturated heterocycles. The Balaban J connectivity index is 1.87. The Bertz CT molecular complexity index is 496. The van der Waals surface area contributed by atoms with Crippen LogP contribution in [0.25, 0.3) is 0 Å². The Morgan fingerprint density at radius 1 is 1.32 bits per heavy atom. The first kappa shape index (κ1) is 17.7. The van der Waals surface area contributed by atoms with Crippen LogP contribution in [0.15, 0.2) is 0 Å². The number of nitrogens with zero attached hydrogens (tertiary/aromatic N) is 1. The molecule has 2 rings (SSSR count). The van der Waals surface area contributed by atoms with E-state index in [1.165, 1.54) is 0 Å². The molecule has 1 amide bonds. The molecule has 0 aromatic rings. The topological polar surface area (TPSA) is 78.5 Å². The molecule has 2 fully saturated rings. The molecule has 0 bridgehead atoms. The number of hydrogen-bond acceptors (Lipinski definition) is 4. The monoisotopic (exact) mass is 331 g/mol. The first-order chi connectivity index (χ1) is 10.3. The molecule has 22 heavy (non-hydrogen) atoms. The van der Waals surface area contributed by atoms with Crippen molar-refractivity contribution in [1.29, 1.82) is 0 Å². The zero-order valence-corrected chi connectivity index (χ0v) is 14.7. The van der Waals surface area contributed by atoms with Crippen molar-refractivity contribution in [3.63, 3.8) is 0 Å². The molecule has 2 heterocycles. The van der Waals surface area contributed by atoms with Crippen molar-refractivity contribution in [2.75, 3.05) is 25.4 Å². The van der Waals surface area contributed by atoms with Crippen molar-refractivity contribution in [2.24, 2.45) is 5.41 Å². The first-order valence-electron chi connectivity index (χ1n) is 8.28. The Morgan fingerprint density at radius 3 is 2.50 bits per heavy atom. The highest BCUT2D eigenvalue weighted by atomic mass is 32.2. The fraction of sp³-hybridized carbons (Fsp3) is 0.933. The largest absolute Gasteiger partial charge is 0.352 e. The van der Waals surface area contributed by atoms with E-state index in [-0.39, 0.29) is 29.2 Å². The van der Waals surface area contributed by atoms with Crippen LogP contribution < -0.4 is 10.6 Å². The van der Waals surface area contributed by atoms with Gasteiger partial charge in [-0.25, -0.2) is 12.7 Å². The van der Waals surface area contributed by atoms with Gasteiger partial charge in [0, 0.05) is 19.1 Å². The van der Waals surface area contributed by atoms with E-state index in [2.05, 4.69) is 24.5 Å². The molecule has 0 aromatic carbocycles. The Kier molecular flexibility index (Phi) is 5.50. The van der Waals surface area contributed by atoms with Crippen LogP contribution in [-0.2, 0) is 14.8 Å². The van der Waals surface area contributed by atoms with Crippen molar-refractivity contribution in [2.45, 2.75) is 58.5 Å². The maximum atomic E-state index is 12.5. The lowest BCUT2D eigenvalue weighted by Crippen LogP contribution is -2.58. The second kappa shape index (κ2) is 6.84. The summed E-state index contributed by atoms with van der Waals surface area (Å²) in [6, 6.07) is -0.0750. The second-order valence-electron chi connectivity index (χ2n) is 7.06. The minimum absolute atomic E-state index is 0.0331. The van der Waals surface area contributed by atoms with Crippen LogP contribution in [0.4, 0.5) is 0 Å². The summed E-state index contributed by atoms with van der Waals surface area (Å²) >= 11 is 0. The summed E-state index contributed by atoms with van der Waals surface area (Å²) in [7, 11) is -3.10. The number of rotatable bonds is 4. The fourth-order valence-corrected chi connectivity index (χ4v) is 4.54. The number of hydrogen-bond donors (Lipinski definition) is 2. The van der Waals surface area contributed by atoms with Gasteiger partial charge in [0.2, 0.25) is 15.9 Å². The van der Waals surface area contributed by atoms with Crippen molar-refractivity contribution < 1.29 is 13.2 Å². The van der Waals surface area contributed by atoms with Crippen LogP contribution in [0, 0.1) is 5.41 Å². The summed E-state index contributed by atoms with van der Waals surface area (Å²) in [6.07, 6.45) is 3.53. The van der Waals surface area contributed by atoms with Gasteiger partial charge in [0.15, 0.2) is 0 Å². The van der Waals surface area contributed by atoms with Gasteiger partial charge >= 0.3 is 0 Å². The van der Waals surface area contributed by atoms with Crippen LogP contribution in [0.3, 0.4) is 0 Å². The number of amides is 1. The van der Waals surface area contributed by atoms with Crippen molar-refractivity contribution in [3.8, 4) is 0 Å². The van der Waals surface area contributed by atoms with Gasteiger partial charge in [0.25, 0.3) is 0 Å². The zero-order valence-electron chi connectivity index (χ0n) is 13.9. The molecule has 128 valence electrons. The zero-order chi connectivity index (χ0) is 16.4. The average Bonchev–Trinajstić information content (AvgIpc) is 2.47. The van der Waals surface area contributed by atoms with Gasteiger partial charge in [-0.2, -0.15) is 0 Å². The predicted molar refractivity (Wildman–Crippen MR) is 87.0 cm³/mol. The maximum Gasteiger partial charge on any atom is 0.237 e. The molecule has 0 aliphatic carbocycles. The van der Waals surface area contributed by atoms with Crippen LogP contribution >= 0.6 is 0 Å². The van der Waals surface area contributed by atoms with Crippen molar-refractivity contribution in [1.82, 2.24) is 14.9 Å². The SMILES string of the molecule is CCS(=O)(=O)N1CCC(NC(=O)C2NCCCC2(C)C)CC1. The van der Waals surface area contributed by atoms with E-state index in [0.717, 1.165) is 19.4 Å². The molecule has 0 radical (unpaired) electrons. The average molecular weight is 331 g/mol. The Morgan fingerprint density at radius 2 is 1.95 bits per heavy atom. The molecule has 0 spiro atoms. The first-order valence-corrected chi connectivity index (χ1v) is 9.89. The maximum absolute atomic E-state index is 12.5. The highest BCUT2D eigenvalue weighted by molar-refractivity contribution is 7.89. The lowest BCUT2D eigenvalue weighted by molar-refractivity contribution is -0.127. The number of sulfonamides is 1. The molecule has 2 aliphatic heterocycles. The minimum Gasteiger partial charge on any atom is -0.352 e. The van der Waals surface area contributed by atoms with E-state index in [9.17, 15) is 13.2 Å². The molecule has 0 aromatic heterocycles. The standard InChI is InChI=1S/C15H29N3O3S/c1-4-22(20,21)18-10-6-12(7-11-18)17-14(19)13-15(2,3)8-5-9-16-13/h12-13,16H,4-11H2,1-3H3,(H,17,19). The highest BCUT2D eigenvalue weighted by Gasteiger charge is 2.38. The number of nitrogens with one attached hydrogen (secondary N) is 2. The summed E-state index contributed by atoms with van der Waals surface area (Å²) in [5, 5.41) is 6.43. The van der Waals surface area contributed by atoms with Gasteiger partial charge in [-0.1, -0.05) is 13.8 Å². The van der Waals surface area contributed by atoms with Gasteiger partial charge in [-0.3, -0.25) is 4.79 Å². The third-order valence-corrected chi connectivity index (χ3v) is 6.83. The van der Waals surface area contributed by atoms with Gasteiger partial charge in [-0.05, 0) is 44.6 Å². The van der Waals surface area contributed by atoms with Crippen LogP contribution in [-0.4, -0.2) is 56.1 Å². The number of carbonyl (C=O) groups is 1. The van der Waals surface area contributed by atoms with Gasteiger partial charge < -0.3 is 10.6 Å². The van der Waals surface area contributed by atoms with Crippen LogP contribution in [0.2, 0.25) is 0 Å². The molecule has 1 unspecified atom stereocenters. The third-order valence-electron chi connectivity index (χ3n) is 4.95. The predicted octanol–water partition coefficient (Wildman–Crippen LogP) is 0.695. The molecule has 2 aliphatic rings. The van der Waals surface area contributed by atoms with E-state index >= 15 is 0 Å². The second-order valence-corrected chi connectivity index (χ2v) is 9.32. The number of carbonyl (C=O) groups excluding carboxylic acids is 1. The highest BCUT2D eigenvalue weighted by Crippen LogP contribution is 2.30. The quantitative estimate of drug-likeness (QED) is 0.795. The molecule has 6 nitrogen and oxygen atoms in total. The summed E-state index contributed by atoms with van der Waals surface area (Å²) in [5.41, 5.74) is -0.0331. The molecular formula is C15H29N3O3S. The summed E-state index contributed by atoms with van der Waals surface area (Å²) in [4.78, 5) is 12.5. The van der Waals surface area contributed by atoms with E-state index in [1.807, 2.05) is 0 Å². The molecule has 1 atom stereocenters. The minimum atomic E-state index is -3.10. The van der Waals surface area contributed by atoms with Crippen LogP contribution in [0.5, 0.6) is 0 Å². The third kappa shape index (κ3) is 4.00. The number of piperidine rings is 2. The summed E-state index contributed by atoms with van der Waals surface area (Å²) < 4.78 is 25.2. The van der Waals surface area contributed by atoms with Crippen LogP contribution in [0.1, 0.15) is 46.5 Å². The van der Waals surface area contributed by atoms with Gasteiger partial charge in [0.1, 0.15) is 0 Å². The molecular weight excluding hydrogens is 302 g/mol. The summed E-state index contributed by atoms with van der Waals surface area (Å²) in [6.45, 7) is 7.81. The molecule has 7 heteroatoms. The normalized spacial score (nSPS) is 27.5. The van der Waals surface area contributed by atoms with E-state index in [0.29, 0.717) is 25.9 Å². The lowest BCUT2D eigenvalue weighted by atomic mass is 9.77. The van der Waals surface area contributed by atoms with Gasteiger partial charge in [-0.15, -0.1) is 0 Å². The molecule has 0 saturated carbocycles. The Labute approximate surface area is 134 Å². The lowest BCUT2D eigenvalue weighted by Gasteiger charge is -2.39. The van der Waals surface area contributed by atoms with Gasteiger partial charge in [0.05, 0.1) is 11.8 Å². The van der Waals surface area contributed by atoms with E-state index in [4.69, 9.17) is 0 Å². The van der Waals surface area contributed by atoms with Crippen molar-refractivity contribution in [3.05, 3.63) is 0 Å². The van der Waals surface area contributed by atoms with E-state index in [1.54, 1.807) is 11.2 Å². The van der Waals surface area contributed by atoms with E-state index < -0.39 is 10.0 Å². The smallest absolute Gasteiger partial charge is 0.237 e.